The highest BCUT2D eigenvalue weighted by Crippen LogP contribution is 2.25. The summed E-state index contributed by atoms with van der Waals surface area (Å²) in [5, 5.41) is 0. The van der Waals surface area contributed by atoms with Gasteiger partial charge < -0.3 is 5.73 Å². The molecule has 0 bridgehead atoms. The molecule has 1 aliphatic carbocycles. The molecule has 1 saturated carbocycles. The van der Waals surface area contributed by atoms with Gasteiger partial charge in [0, 0.05) is 24.9 Å². The van der Waals surface area contributed by atoms with Gasteiger partial charge in [0.1, 0.15) is 0 Å². The Labute approximate surface area is 89.8 Å². The fourth-order valence-corrected chi connectivity index (χ4v) is 2.61. The molecule has 2 fully saturated rings. The van der Waals surface area contributed by atoms with Crippen molar-refractivity contribution in [3.63, 3.8) is 0 Å². The number of amides is 2. The number of piperidine rings is 1. The van der Waals surface area contributed by atoms with E-state index in [0.29, 0.717) is 19.3 Å². The van der Waals surface area contributed by atoms with Gasteiger partial charge in [-0.3, -0.25) is 14.5 Å². The Morgan fingerprint density at radius 1 is 1.07 bits per heavy atom. The summed E-state index contributed by atoms with van der Waals surface area (Å²) >= 11 is 0. The second kappa shape index (κ2) is 4.31. The first-order valence-electron chi connectivity index (χ1n) is 5.79. The molecule has 1 aliphatic heterocycles. The van der Waals surface area contributed by atoms with E-state index in [4.69, 9.17) is 5.73 Å². The topological polar surface area (TPSA) is 63.4 Å². The minimum absolute atomic E-state index is 0.00495. The second-order valence-electron chi connectivity index (χ2n) is 4.59. The maximum Gasteiger partial charge on any atom is 0.229 e. The van der Waals surface area contributed by atoms with Crippen molar-refractivity contribution in [1.29, 1.82) is 0 Å². The minimum atomic E-state index is 0.00495. The number of nitrogens with zero attached hydrogens (tertiary/aromatic N) is 1. The van der Waals surface area contributed by atoms with Crippen LogP contribution in [0.15, 0.2) is 0 Å². The van der Waals surface area contributed by atoms with Crippen molar-refractivity contribution < 1.29 is 9.59 Å². The summed E-state index contributed by atoms with van der Waals surface area (Å²) < 4.78 is 0. The molecule has 1 saturated heterocycles. The van der Waals surface area contributed by atoms with Gasteiger partial charge in [-0.25, -0.2) is 0 Å². The summed E-state index contributed by atoms with van der Waals surface area (Å²) in [5.74, 6) is 0.00991. The first-order valence-corrected chi connectivity index (χ1v) is 5.79. The Hall–Kier alpha value is -0.900. The van der Waals surface area contributed by atoms with E-state index in [1.807, 2.05) is 0 Å². The second-order valence-corrected chi connectivity index (χ2v) is 4.59. The Balaban J connectivity index is 2.06. The lowest BCUT2D eigenvalue weighted by atomic mass is 9.89. The maximum absolute atomic E-state index is 11.7. The lowest BCUT2D eigenvalue weighted by molar-refractivity contribution is -0.151. The van der Waals surface area contributed by atoms with Crippen LogP contribution in [0.3, 0.4) is 0 Å². The van der Waals surface area contributed by atoms with Gasteiger partial charge in [-0.05, 0) is 32.1 Å². The SMILES string of the molecule is NC1CCCC(N2C(=O)CCCC2=O)C1. The monoisotopic (exact) mass is 210 g/mol. The molecule has 2 aliphatic rings. The van der Waals surface area contributed by atoms with Gasteiger partial charge in [0.2, 0.25) is 11.8 Å². The molecule has 15 heavy (non-hydrogen) atoms. The number of rotatable bonds is 1. The summed E-state index contributed by atoms with van der Waals surface area (Å²) in [7, 11) is 0. The van der Waals surface area contributed by atoms with Crippen LogP contribution >= 0.6 is 0 Å². The highest BCUT2D eigenvalue weighted by molar-refractivity contribution is 5.97. The van der Waals surface area contributed by atoms with Gasteiger partial charge in [0.05, 0.1) is 0 Å². The maximum atomic E-state index is 11.7. The van der Waals surface area contributed by atoms with Crippen LogP contribution in [0.1, 0.15) is 44.9 Å². The fourth-order valence-electron chi connectivity index (χ4n) is 2.61. The summed E-state index contributed by atoms with van der Waals surface area (Å²) in [4.78, 5) is 24.8. The molecule has 84 valence electrons. The third-order valence-corrected chi connectivity index (χ3v) is 3.37. The first kappa shape index (κ1) is 10.6. The Kier molecular flexibility index (Phi) is 3.05. The van der Waals surface area contributed by atoms with Crippen molar-refractivity contribution in [3.05, 3.63) is 0 Å². The van der Waals surface area contributed by atoms with E-state index >= 15 is 0 Å². The van der Waals surface area contributed by atoms with Crippen LogP contribution in [0.4, 0.5) is 0 Å². The van der Waals surface area contributed by atoms with E-state index in [9.17, 15) is 9.59 Å². The lowest BCUT2D eigenvalue weighted by Gasteiger charge is -2.37. The molecule has 4 nitrogen and oxygen atoms in total. The van der Waals surface area contributed by atoms with Crippen molar-refractivity contribution in [2.75, 3.05) is 0 Å². The zero-order chi connectivity index (χ0) is 10.8. The smallest absolute Gasteiger partial charge is 0.229 e. The van der Waals surface area contributed by atoms with Gasteiger partial charge >= 0.3 is 0 Å². The molecule has 2 N–H and O–H groups in total. The number of nitrogens with two attached hydrogens (primary N) is 1. The highest BCUT2D eigenvalue weighted by Gasteiger charge is 2.34. The third kappa shape index (κ3) is 2.20. The molecule has 1 heterocycles. The summed E-state index contributed by atoms with van der Waals surface area (Å²) in [6.07, 6.45) is 5.54. The van der Waals surface area contributed by atoms with Crippen LogP contribution in [-0.4, -0.2) is 28.8 Å². The van der Waals surface area contributed by atoms with Crippen molar-refractivity contribution in [2.24, 2.45) is 5.73 Å². The third-order valence-electron chi connectivity index (χ3n) is 3.37. The average molecular weight is 210 g/mol. The Morgan fingerprint density at radius 3 is 2.33 bits per heavy atom. The van der Waals surface area contributed by atoms with Crippen LogP contribution in [0, 0.1) is 0 Å². The molecule has 0 spiro atoms. The molecule has 2 unspecified atom stereocenters. The number of imide groups is 1. The zero-order valence-electron chi connectivity index (χ0n) is 8.95. The number of carbonyl (C=O) groups excluding carboxylic acids is 2. The normalized spacial score (nSPS) is 33.3. The molecule has 4 heteroatoms. The van der Waals surface area contributed by atoms with Crippen LogP contribution in [0.25, 0.3) is 0 Å². The van der Waals surface area contributed by atoms with Gasteiger partial charge in [-0.1, -0.05) is 0 Å². The fraction of sp³-hybridized carbons (Fsp3) is 0.818. The van der Waals surface area contributed by atoms with Crippen molar-refractivity contribution in [2.45, 2.75) is 57.0 Å². The summed E-state index contributed by atoms with van der Waals surface area (Å²) in [6.45, 7) is 0. The van der Waals surface area contributed by atoms with Crippen LogP contribution in [-0.2, 0) is 9.59 Å². The molecule has 0 aromatic heterocycles. The molecule has 2 amide bonds. The molecular formula is C11H18N2O2. The number of likely N-dealkylation sites (tertiary alicyclic amines) is 1. The standard InChI is InChI=1S/C11H18N2O2/c12-8-3-1-4-9(7-8)13-10(14)5-2-6-11(13)15/h8-9H,1-7,12H2. The van der Waals surface area contributed by atoms with E-state index < -0.39 is 0 Å². The largest absolute Gasteiger partial charge is 0.328 e. The van der Waals surface area contributed by atoms with Gasteiger partial charge in [-0.15, -0.1) is 0 Å². The van der Waals surface area contributed by atoms with E-state index in [1.54, 1.807) is 0 Å². The van der Waals surface area contributed by atoms with Gasteiger partial charge in [0.25, 0.3) is 0 Å². The Bertz CT molecular complexity index is 262. The zero-order valence-corrected chi connectivity index (χ0v) is 8.95. The molecule has 0 radical (unpaired) electrons. The van der Waals surface area contributed by atoms with Gasteiger partial charge in [0.15, 0.2) is 0 Å². The van der Waals surface area contributed by atoms with Crippen molar-refractivity contribution in [3.8, 4) is 0 Å². The number of hydrogen-bond acceptors (Lipinski definition) is 3. The highest BCUT2D eigenvalue weighted by atomic mass is 16.2. The van der Waals surface area contributed by atoms with Crippen LogP contribution < -0.4 is 5.73 Å². The molecular weight excluding hydrogens is 192 g/mol. The predicted octanol–water partition coefficient (Wildman–Crippen LogP) is 0.795. The molecule has 0 aromatic rings. The minimum Gasteiger partial charge on any atom is -0.328 e. The van der Waals surface area contributed by atoms with Gasteiger partial charge in [-0.2, -0.15) is 0 Å². The summed E-state index contributed by atoms with van der Waals surface area (Å²) in [5.41, 5.74) is 5.87. The first-order chi connectivity index (χ1) is 7.18. The van der Waals surface area contributed by atoms with E-state index in [0.717, 1.165) is 25.7 Å². The van der Waals surface area contributed by atoms with E-state index in [-0.39, 0.29) is 23.9 Å². The van der Waals surface area contributed by atoms with E-state index in [1.165, 1.54) is 4.90 Å². The number of hydrogen-bond donors (Lipinski definition) is 1. The molecule has 0 aromatic carbocycles. The van der Waals surface area contributed by atoms with Crippen molar-refractivity contribution in [1.82, 2.24) is 4.90 Å². The average Bonchev–Trinajstić information content (AvgIpc) is 2.17. The van der Waals surface area contributed by atoms with Crippen molar-refractivity contribution >= 4 is 11.8 Å². The summed E-state index contributed by atoms with van der Waals surface area (Å²) in [6, 6.07) is 0.236. The van der Waals surface area contributed by atoms with Crippen LogP contribution in [0.2, 0.25) is 0 Å². The predicted molar refractivity (Wildman–Crippen MR) is 55.9 cm³/mol. The Morgan fingerprint density at radius 2 is 1.73 bits per heavy atom. The molecule has 2 rings (SSSR count). The quantitative estimate of drug-likeness (QED) is 0.651. The number of carbonyl (C=O) groups is 2. The van der Waals surface area contributed by atoms with Crippen LogP contribution in [0.5, 0.6) is 0 Å². The lowest BCUT2D eigenvalue weighted by Crippen LogP contribution is -2.50. The molecule has 2 atom stereocenters. The van der Waals surface area contributed by atoms with E-state index in [2.05, 4.69) is 0 Å².